The van der Waals surface area contributed by atoms with Crippen LogP contribution >= 0.6 is 0 Å². The molecule has 6 nitrogen and oxygen atoms in total. The van der Waals surface area contributed by atoms with Crippen molar-refractivity contribution in [3.8, 4) is 0 Å². The monoisotopic (exact) mass is 307 g/mol. The third-order valence-electron chi connectivity index (χ3n) is 5.24. The molecule has 0 aromatic carbocycles. The van der Waals surface area contributed by atoms with E-state index in [4.69, 9.17) is 0 Å². The predicted molar refractivity (Wildman–Crippen MR) is 85.6 cm³/mol. The van der Waals surface area contributed by atoms with E-state index in [-0.39, 0.29) is 6.10 Å². The van der Waals surface area contributed by atoms with Crippen molar-refractivity contribution in [1.29, 1.82) is 0 Å². The van der Waals surface area contributed by atoms with Crippen LogP contribution in [0.3, 0.4) is 0 Å². The Labute approximate surface area is 133 Å². The highest BCUT2D eigenvalue weighted by atomic mass is 16.3. The summed E-state index contributed by atoms with van der Waals surface area (Å²) in [6.07, 6.45) is 4.11. The molecule has 1 atom stereocenters. The highest BCUT2D eigenvalue weighted by Crippen LogP contribution is 2.26. The summed E-state index contributed by atoms with van der Waals surface area (Å²) in [5.74, 6) is 2.72. The van der Waals surface area contributed by atoms with Crippen molar-refractivity contribution >= 4 is 0 Å². The van der Waals surface area contributed by atoms with Gasteiger partial charge in [0.25, 0.3) is 0 Å². The van der Waals surface area contributed by atoms with Gasteiger partial charge in [0.05, 0.1) is 12.6 Å². The number of aliphatic hydroxyl groups is 1. The zero-order valence-corrected chi connectivity index (χ0v) is 13.9. The SMILES string of the molecule is CCN1CCC[C@H](c2nnc(CN3CCC(O)CC3)n2C)C1. The molecule has 0 saturated carbocycles. The summed E-state index contributed by atoms with van der Waals surface area (Å²) < 4.78 is 2.20. The van der Waals surface area contributed by atoms with Crippen LogP contribution in [-0.2, 0) is 13.6 Å². The van der Waals surface area contributed by atoms with E-state index in [0.29, 0.717) is 5.92 Å². The number of likely N-dealkylation sites (tertiary alicyclic amines) is 2. The second-order valence-corrected chi connectivity index (χ2v) is 6.77. The van der Waals surface area contributed by atoms with Crippen LogP contribution in [0.15, 0.2) is 0 Å². The number of piperidine rings is 2. The first kappa shape index (κ1) is 15.9. The number of rotatable bonds is 4. The number of aliphatic hydroxyl groups excluding tert-OH is 1. The number of nitrogens with zero attached hydrogens (tertiary/aromatic N) is 5. The van der Waals surface area contributed by atoms with E-state index >= 15 is 0 Å². The van der Waals surface area contributed by atoms with Crippen LogP contribution in [-0.4, -0.2) is 68.5 Å². The van der Waals surface area contributed by atoms with Crippen molar-refractivity contribution in [2.75, 3.05) is 32.7 Å². The molecule has 6 heteroatoms. The molecule has 0 bridgehead atoms. The molecule has 2 saturated heterocycles. The van der Waals surface area contributed by atoms with Gasteiger partial charge in [-0.2, -0.15) is 0 Å². The van der Waals surface area contributed by atoms with Crippen LogP contribution < -0.4 is 0 Å². The van der Waals surface area contributed by atoms with Crippen LogP contribution in [0.5, 0.6) is 0 Å². The second kappa shape index (κ2) is 7.06. The lowest BCUT2D eigenvalue weighted by Crippen LogP contribution is -2.36. The smallest absolute Gasteiger partial charge is 0.146 e. The van der Waals surface area contributed by atoms with Gasteiger partial charge in [-0.1, -0.05) is 6.92 Å². The molecule has 0 spiro atoms. The molecule has 2 fully saturated rings. The highest BCUT2D eigenvalue weighted by molar-refractivity contribution is 5.04. The third-order valence-corrected chi connectivity index (χ3v) is 5.24. The molecule has 1 aromatic rings. The molecular formula is C16H29N5O. The van der Waals surface area contributed by atoms with Gasteiger partial charge in [0.15, 0.2) is 0 Å². The molecule has 2 aliphatic rings. The Bertz CT molecular complexity index is 481. The average Bonchev–Trinajstić information content (AvgIpc) is 2.90. The molecule has 124 valence electrons. The minimum Gasteiger partial charge on any atom is -0.393 e. The van der Waals surface area contributed by atoms with Crippen LogP contribution in [0.1, 0.15) is 50.2 Å². The predicted octanol–water partition coefficient (Wildman–Crippen LogP) is 0.971. The van der Waals surface area contributed by atoms with Crippen molar-refractivity contribution < 1.29 is 5.11 Å². The summed E-state index contributed by atoms with van der Waals surface area (Å²) in [5, 5.41) is 18.5. The number of hydrogen-bond donors (Lipinski definition) is 1. The van der Waals surface area contributed by atoms with Crippen molar-refractivity contribution in [3.05, 3.63) is 11.6 Å². The molecule has 22 heavy (non-hydrogen) atoms. The van der Waals surface area contributed by atoms with E-state index in [1.807, 2.05) is 0 Å². The number of hydrogen-bond acceptors (Lipinski definition) is 5. The summed E-state index contributed by atoms with van der Waals surface area (Å²) in [5.41, 5.74) is 0. The largest absolute Gasteiger partial charge is 0.393 e. The molecule has 0 radical (unpaired) electrons. The van der Waals surface area contributed by atoms with Crippen molar-refractivity contribution in [1.82, 2.24) is 24.6 Å². The molecule has 3 rings (SSSR count). The zero-order valence-electron chi connectivity index (χ0n) is 13.9. The Morgan fingerprint density at radius 2 is 1.86 bits per heavy atom. The Hall–Kier alpha value is -0.980. The molecule has 0 unspecified atom stereocenters. The lowest BCUT2D eigenvalue weighted by Gasteiger charge is -2.31. The fourth-order valence-electron chi connectivity index (χ4n) is 3.70. The minimum atomic E-state index is -0.117. The lowest BCUT2D eigenvalue weighted by molar-refractivity contribution is 0.0775. The van der Waals surface area contributed by atoms with E-state index in [1.54, 1.807) is 0 Å². The maximum atomic E-state index is 9.61. The fourth-order valence-corrected chi connectivity index (χ4v) is 3.70. The topological polar surface area (TPSA) is 57.4 Å². The fraction of sp³-hybridized carbons (Fsp3) is 0.875. The first-order valence-electron chi connectivity index (χ1n) is 8.68. The molecule has 1 aromatic heterocycles. The quantitative estimate of drug-likeness (QED) is 0.898. The zero-order chi connectivity index (χ0) is 15.5. The van der Waals surface area contributed by atoms with E-state index in [9.17, 15) is 5.11 Å². The van der Waals surface area contributed by atoms with Crippen LogP contribution in [0.2, 0.25) is 0 Å². The van der Waals surface area contributed by atoms with Crippen molar-refractivity contribution in [2.24, 2.45) is 7.05 Å². The summed E-state index contributed by atoms with van der Waals surface area (Å²) >= 11 is 0. The van der Waals surface area contributed by atoms with Gasteiger partial charge in [-0.3, -0.25) is 4.90 Å². The van der Waals surface area contributed by atoms with Gasteiger partial charge in [0.1, 0.15) is 11.6 Å². The van der Waals surface area contributed by atoms with Crippen LogP contribution in [0.25, 0.3) is 0 Å². The van der Waals surface area contributed by atoms with Gasteiger partial charge in [0, 0.05) is 32.6 Å². The van der Waals surface area contributed by atoms with E-state index in [0.717, 1.165) is 57.2 Å². The maximum Gasteiger partial charge on any atom is 0.146 e. The van der Waals surface area contributed by atoms with Crippen molar-refractivity contribution in [3.63, 3.8) is 0 Å². The second-order valence-electron chi connectivity index (χ2n) is 6.77. The Kier molecular flexibility index (Phi) is 5.10. The van der Waals surface area contributed by atoms with Crippen LogP contribution in [0, 0.1) is 0 Å². The Morgan fingerprint density at radius 1 is 1.09 bits per heavy atom. The lowest BCUT2D eigenvalue weighted by atomic mass is 9.97. The van der Waals surface area contributed by atoms with Gasteiger partial charge in [0.2, 0.25) is 0 Å². The van der Waals surface area contributed by atoms with E-state index < -0.39 is 0 Å². The Morgan fingerprint density at radius 3 is 2.59 bits per heavy atom. The van der Waals surface area contributed by atoms with Gasteiger partial charge in [-0.25, -0.2) is 0 Å². The summed E-state index contributed by atoms with van der Waals surface area (Å²) in [6.45, 7) is 8.44. The first-order chi connectivity index (χ1) is 10.7. The molecular weight excluding hydrogens is 278 g/mol. The molecule has 3 heterocycles. The minimum absolute atomic E-state index is 0.117. The molecule has 0 amide bonds. The van der Waals surface area contributed by atoms with Gasteiger partial charge >= 0.3 is 0 Å². The standard InChI is InChI=1S/C16H29N5O/c1-3-20-8-4-5-13(11-20)16-18-17-15(19(16)2)12-21-9-6-14(22)7-10-21/h13-14,22H,3-12H2,1-2H3/t13-/m0/s1. The summed E-state index contributed by atoms with van der Waals surface area (Å²) in [6, 6.07) is 0. The maximum absolute atomic E-state index is 9.61. The van der Waals surface area contributed by atoms with E-state index in [1.165, 1.54) is 19.4 Å². The summed E-state index contributed by atoms with van der Waals surface area (Å²) in [7, 11) is 2.11. The summed E-state index contributed by atoms with van der Waals surface area (Å²) in [4.78, 5) is 4.88. The van der Waals surface area contributed by atoms with Crippen LogP contribution in [0.4, 0.5) is 0 Å². The highest BCUT2D eigenvalue weighted by Gasteiger charge is 2.26. The first-order valence-corrected chi connectivity index (χ1v) is 8.68. The Balaban J connectivity index is 1.64. The van der Waals surface area contributed by atoms with Gasteiger partial charge < -0.3 is 14.6 Å². The normalized spacial score (nSPS) is 25.7. The van der Waals surface area contributed by atoms with Crippen molar-refractivity contribution in [2.45, 2.75) is 51.2 Å². The van der Waals surface area contributed by atoms with Gasteiger partial charge in [-0.05, 0) is 38.8 Å². The molecule has 0 aliphatic carbocycles. The molecule has 2 aliphatic heterocycles. The average molecular weight is 307 g/mol. The molecule has 1 N–H and O–H groups in total. The van der Waals surface area contributed by atoms with Gasteiger partial charge in [-0.15, -0.1) is 10.2 Å². The number of likely N-dealkylation sites (N-methyl/N-ethyl adjacent to an activating group) is 1. The number of aromatic nitrogens is 3. The third kappa shape index (κ3) is 3.50. The van der Waals surface area contributed by atoms with E-state index in [2.05, 4.69) is 38.5 Å².